The molecule has 11 heteroatoms. The van der Waals surface area contributed by atoms with Crippen LogP contribution in [0.1, 0.15) is 79.7 Å². The third-order valence-electron chi connectivity index (χ3n) is 5.63. The molecule has 0 aromatic heterocycles. The molecule has 0 heterocycles. The number of rotatable bonds is 14. The second-order valence-corrected chi connectivity index (χ2v) is 9.06. The van der Waals surface area contributed by atoms with E-state index in [-0.39, 0.29) is 42.5 Å². The van der Waals surface area contributed by atoms with Gasteiger partial charge in [0.15, 0.2) is 11.5 Å². The molecule has 0 amide bonds. The summed E-state index contributed by atoms with van der Waals surface area (Å²) < 4.78 is 31.4. The van der Waals surface area contributed by atoms with Gasteiger partial charge in [-0.3, -0.25) is 9.59 Å². The minimum Gasteiger partial charge on any atom is -0.459 e. The predicted molar refractivity (Wildman–Crippen MR) is 138 cm³/mol. The van der Waals surface area contributed by atoms with Gasteiger partial charge in [-0.2, -0.15) is 0 Å². The molecule has 0 aliphatic heterocycles. The Morgan fingerprint density at radius 3 is 1.82 bits per heavy atom. The molecule has 1 rings (SSSR count). The number of carbonyl (C=O) groups is 4. The fraction of sp³-hybridized carbons (Fsp3) is 0.630. The second kappa shape index (κ2) is 16.5. The van der Waals surface area contributed by atoms with Crippen molar-refractivity contribution in [3.05, 3.63) is 23.8 Å². The molecule has 0 aliphatic rings. The minimum absolute atomic E-state index is 0.0178. The van der Waals surface area contributed by atoms with Gasteiger partial charge in [-0.25, -0.2) is 9.59 Å². The third kappa shape index (κ3) is 11.8. The fourth-order valence-electron chi connectivity index (χ4n) is 2.84. The molecule has 1 aromatic rings. The van der Waals surface area contributed by atoms with Crippen LogP contribution in [0.2, 0.25) is 0 Å². The molecule has 0 radical (unpaired) electrons. The molecular weight excluding hydrogens is 498 g/mol. The van der Waals surface area contributed by atoms with Crippen molar-refractivity contribution in [1.82, 2.24) is 0 Å². The first-order chi connectivity index (χ1) is 17.9. The molecule has 0 spiro atoms. The van der Waals surface area contributed by atoms with Crippen LogP contribution in [0, 0.1) is 0 Å². The van der Waals surface area contributed by atoms with Crippen LogP contribution in [-0.4, -0.2) is 54.7 Å². The van der Waals surface area contributed by atoms with Crippen molar-refractivity contribution in [1.29, 1.82) is 0 Å². The van der Waals surface area contributed by atoms with Crippen LogP contribution < -0.4 is 15.2 Å². The number of ether oxygens (including phenoxy) is 6. The highest BCUT2D eigenvalue weighted by Gasteiger charge is 2.25. The monoisotopic (exact) mass is 539 g/mol. The summed E-state index contributed by atoms with van der Waals surface area (Å²) in [7, 11) is 0. The second-order valence-electron chi connectivity index (χ2n) is 9.06. The topological polar surface area (TPSA) is 150 Å². The summed E-state index contributed by atoms with van der Waals surface area (Å²) in [5, 5.41) is 0. The molecule has 3 unspecified atom stereocenters. The van der Waals surface area contributed by atoms with Crippen molar-refractivity contribution >= 4 is 24.2 Å². The first-order valence-electron chi connectivity index (χ1n) is 12.9. The van der Waals surface area contributed by atoms with E-state index in [1.54, 1.807) is 33.8 Å². The van der Waals surface area contributed by atoms with Gasteiger partial charge >= 0.3 is 24.2 Å². The highest BCUT2D eigenvalue weighted by Crippen LogP contribution is 2.30. The number of hydrogen-bond donors (Lipinski definition) is 1. The lowest BCUT2D eigenvalue weighted by molar-refractivity contribution is -0.166. The molecule has 38 heavy (non-hydrogen) atoms. The zero-order valence-electron chi connectivity index (χ0n) is 23.3. The molecule has 0 saturated carbocycles. The molecule has 1 aromatic carbocycles. The summed E-state index contributed by atoms with van der Waals surface area (Å²) in [6, 6.07) is 3.30. The van der Waals surface area contributed by atoms with Crippen LogP contribution in [0.25, 0.3) is 0 Å². The van der Waals surface area contributed by atoms with Gasteiger partial charge in [0.25, 0.3) is 0 Å². The van der Waals surface area contributed by atoms with Crippen LogP contribution in [0.3, 0.4) is 0 Å². The lowest BCUT2D eigenvalue weighted by Crippen LogP contribution is -2.39. The van der Waals surface area contributed by atoms with Gasteiger partial charge < -0.3 is 34.2 Å². The summed E-state index contributed by atoms with van der Waals surface area (Å²) in [5.74, 6) is -1.26. The molecule has 0 saturated heterocycles. The maximum atomic E-state index is 12.6. The van der Waals surface area contributed by atoms with Crippen molar-refractivity contribution in [2.75, 3.05) is 0 Å². The van der Waals surface area contributed by atoms with E-state index in [1.165, 1.54) is 12.1 Å². The lowest BCUT2D eigenvalue weighted by Gasteiger charge is -2.22. The average molecular weight is 540 g/mol. The maximum absolute atomic E-state index is 12.6. The van der Waals surface area contributed by atoms with E-state index < -0.39 is 36.5 Å². The van der Waals surface area contributed by atoms with Gasteiger partial charge in [0.1, 0.15) is 30.5 Å². The summed E-state index contributed by atoms with van der Waals surface area (Å²) in [4.78, 5) is 48.6. The Balaban J connectivity index is 2.96. The van der Waals surface area contributed by atoms with E-state index in [2.05, 4.69) is 0 Å². The van der Waals surface area contributed by atoms with Crippen molar-refractivity contribution in [2.45, 2.75) is 111 Å². The van der Waals surface area contributed by atoms with Gasteiger partial charge in [0.2, 0.25) is 0 Å². The van der Waals surface area contributed by atoms with Crippen LogP contribution in [0.15, 0.2) is 18.2 Å². The maximum Gasteiger partial charge on any atom is 0.514 e. The fourth-order valence-corrected chi connectivity index (χ4v) is 2.84. The largest absolute Gasteiger partial charge is 0.514 e. The summed E-state index contributed by atoms with van der Waals surface area (Å²) in [5.41, 5.74) is 6.55. The Morgan fingerprint density at radius 2 is 1.29 bits per heavy atom. The van der Waals surface area contributed by atoms with Gasteiger partial charge in [-0.1, -0.05) is 26.8 Å². The van der Waals surface area contributed by atoms with Crippen LogP contribution in [0.5, 0.6) is 11.5 Å². The Hall–Kier alpha value is -3.34. The highest BCUT2D eigenvalue weighted by atomic mass is 16.7. The molecule has 5 atom stereocenters. The van der Waals surface area contributed by atoms with Gasteiger partial charge in [0, 0.05) is 6.42 Å². The summed E-state index contributed by atoms with van der Waals surface area (Å²) >= 11 is 0. The predicted octanol–water partition coefficient (Wildman–Crippen LogP) is 4.85. The number of esters is 2. The van der Waals surface area contributed by atoms with Crippen molar-refractivity contribution in [3.63, 3.8) is 0 Å². The standard InChI is InChI=1S/C27H41NO10/c1-8-11-24(29)35-18(6)19(7)36-25(30)21(28)14-20-12-13-22(37-26(31)33-16(4)9-2)23(15-20)38-27(32)34-17(5)10-3/h12-13,15-19,21H,8-11,14,28H2,1-7H3/t16-,17?,18?,19?,21-/m0/s1. The summed E-state index contributed by atoms with van der Waals surface area (Å²) in [6.07, 6.45) is -1.96. The Bertz CT molecular complexity index is 934. The van der Waals surface area contributed by atoms with Crippen molar-refractivity contribution < 1.29 is 47.6 Å². The van der Waals surface area contributed by atoms with Crippen LogP contribution in [0.4, 0.5) is 9.59 Å². The van der Waals surface area contributed by atoms with E-state index >= 15 is 0 Å². The Labute approximate surface area is 224 Å². The molecule has 0 aliphatic carbocycles. The normalized spacial score (nSPS) is 14.7. The zero-order valence-corrected chi connectivity index (χ0v) is 23.3. The van der Waals surface area contributed by atoms with Gasteiger partial charge in [0.05, 0.1) is 0 Å². The molecular formula is C27H41NO10. The number of hydrogen-bond acceptors (Lipinski definition) is 11. The van der Waals surface area contributed by atoms with E-state index in [1.807, 2.05) is 20.8 Å². The van der Waals surface area contributed by atoms with Crippen molar-refractivity contribution in [3.8, 4) is 11.5 Å². The van der Waals surface area contributed by atoms with Crippen molar-refractivity contribution in [2.24, 2.45) is 5.73 Å². The number of nitrogens with two attached hydrogens (primary N) is 1. The first-order valence-corrected chi connectivity index (χ1v) is 12.9. The smallest absolute Gasteiger partial charge is 0.459 e. The van der Waals surface area contributed by atoms with E-state index in [0.29, 0.717) is 24.8 Å². The van der Waals surface area contributed by atoms with Gasteiger partial charge in [-0.05, 0) is 71.1 Å². The summed E-state index contributed by atoms with van der Waals surface area (Å²) in [6.45, 7) is 12.2. The molecule has 0 fully saturated rings. The van der Waals surface area contributed by atoms with Crippen LogP contribution >= 0.6 is 0 Å². The third-order valence-corrected chi connectivity index (χ3v) is 5.63. The van der Waals surface area contributed by atoms with Gasteiger partial charge in [-0.15, -0.1) is 0 Å². The molecule has 214 valence electrons. The Kier molecular flexibility index (Phi) is 14.2. The molecule has 11 nitrogen and oxygen atoms in total. The van der Waals surface area contributed by atoms with Crippen LogP contribution in [-0.2, 0) is 35.0 Å². The Morgan fingerprint density at radius 1 is 0.763 bits per heavy atom. The quantitative estimate of drug-likeness (QED) is 0.196. The lowest BCUT2D eigenvalue weighted by atomic mass is 10.1. The first kappa shape index (κ1) is 32.7. The number of benzene rings is 1. The van der Waals surface area contributed by atoms with E-state index in [9.17, 15) is 19.2 Å². The van der Waals surface area contributed by atoms with E-state index in [0.717, 1.165) is 0 Å². The average Bonchev–Trinajstić information content (AvgIpc) is 2.85. The highest BCUT2D eigenvalue weighted by molar-refractivity contribution is 5.76. The zero-order chi connectivity index (χ0) is 28.8. The minimum atomic E-state index is -1.07. The number of carbonyl (C=O) groups excluding carboxylic acids is 4. The molecule has 0 bridgehead atoms. The SMILES string of the molecule is CCCC(=O)OC(C)C(C)OC(=O)[C@@H](N)Cc1ccc(OC(=O)O[C@@H](C)CC)c(OC(=O)OC(C)CC)c1. The van der Waals surface area contributed by atoms with E-state index in [4.69, 9.17) is 34.2 Å². The molecule has 2 N–H and O–H groups in total.